The molecule has 0 spiro atoms. The molecule has 166 valence electrons. The van der Waals surface area contributed by atoms with Crippen LogP contribution in [0.25, 0.3) is 0 Å². The van der Waals surface area contributed by atoms with Crippen LogP contribution in [-0.4, -0.2) is 71.9 Å². The fraction of sp³-hybridized carbons (Fsp3) is 0.550. The van der Waals surface area contributed by atoms with Gasteiger partial charge in [0.2, 0.25) is 0 Å². The second-order valence-electron chi connectivity index (χ2n) is 7.53. The Hall–Kier alpha value is -1.95. The van der Waals surface area contributed by atoms with E-state index in [1.54, 1.807) is 12.3 Å². The SMILES string of the molecule is CCNC(=NCC(c1cnn(C)c1)N(C)C)NC1CCN(c2ncccc2F)C1.I. The van der Waals surface area contributed by atoms with Crippen LogP contribution < -0.4 is 15.5 Å². The smallest absolute Gasteiger partial charge is 0.191 e. The summed E-state index contributed by atoms with van der Waals surface area (Å²) in [7, 11) is 6.01. The molecule has 1 fully saturated rings. The largest absolute Gasteiger partial charge is 0.357 e. The van der Waals surface area contributed by atoms with Crippen molar-refractivity contribution in [2.45, 2.75) is 25.4 Å². The summed E-state index contributed by atoms with van der Waals surface area (Å²) in [6.45, 7) is 4.89. The number of aliphatic imine (C=N–C) groups is 1. The first-order chi connectivity index (χ1) is 14.0. The Balaban J connectivity index is 0.00000320. The van der Waals surface area contributed by atoms with E-state index in [1.165, 1.54) is 6.07 Å². The van der Waals surface area contributed by atoms with E-state index in [4.69, 9.17) is 4.99 Å². The molecular weight excluding hydrogens is 498 g/mol. The third-order valence-electron chi connectivity index (χ3n) is 5.07. The van der Waals surface area contributed by atoms with E-state index in [-0.39, 0.29) is 41.9 Å². The van der Waals surface area contributed by atoms with E-state index in [0.717, 1.165) is 31.0 Å². The van der Waals surface area contributed by atoms with Crippen LogP contribution in [-0.2, 0) is 7.05 Å². The zero-order valence-corrected chi connectivity index (χ0v) is 20.4. The molecule has 0 aliphatic carbocycles. The van der Waals surface area contributed by atoms with Crippen LogP contribution in [0, 0.1) is 5.82 Å². The molecule has 1 aliphatic heterocycles. The molecule has 2 atom stereocenters. The lowest BCUT2D eigenvalue weighted by Gasteiger charge is -2.23. The number of rotatable bonds is 7. The maximum Gasteiger partial charge on any atom is 0.191 e. The maximum atomic E-state index is 14.0. The van der Waals surface area contributed by atoms with Gasteiger partial charge in [-0.15, -0.1) is 24.0 Å². The van der Waals surface area contributed by atoms with Crippen molar-refractivity contribution >= 4 is 35.8 Å². The molecule has 0 saturated carbocycles. The number of hydrogen-bond donors (Lipinski definition) is 2. The number of hydrogen-bond acceptors (Lipinski definition) is 5. The quantitative estimate of drug-likeness (QED) is 0.324. The van der Waals surface area contributed by atoms with E-state index in [0.29, 0.717) is 18.9 Å². The molecule has 10 heteroatoms. The van der Waals surface area contributed by atoms with Crippen LogP contribution >= 0.6 is 24.0 Å². The van der Waals surface area contributed by atoms with E-state index >= 15 is 0 Å². The highest BCUT2D eigenvalue weighted by molar-refractivity contribution is 14.0. The van der Waals surface area contributed by atoms with Gasteiger partial charge < -0.3 is 20.4 Å². The van der Waals surface area contributed by atoms with E-state index in [1.807, 2.05) is 50.0 Å². The van der Waals surface area contributed by atoms with E-state index in [2.05, 4.69) is 25.6 Å². The van der Waals surface area contributed by atoms with Crippen LogP contribution in [0.4, 0.5) is 10.2 Å². The highest BCUT2D eigenvalue weighted by atomic mass is 127. The summed E-state index contributed by atoms with van der Waals surface area (Å²) in [6, 6.07) is 3.39. The third kappa shape index (κ3) is 6.27. The number of halogens is 2. The average Bonchev–Trinajstić information content (AvgIpc) is 3.31. The molecule has 8 nitrogen and oxygen atoms in total. The van der Waals surface area contributed by atoms with E-state index < -0.39 is 0 Å². The molecule has 1 aliphatic rings. The minimum absolute atomic E-state index is 0. The molecule has 3 heterocycles. The van der Waals surface area contributed by atoms with Crippen molar-refractivity contribution in [3.8, 4) is 0 Å². The summed E-state index contributed by atoms with van der Waals surface area (Å²) in [5.74, 6) is 0.915. The van der Waals surface area contributed by atoms with Gasteiger partial charge in [0.05, 0.1) is 18.8 Å². The second-order valence-corrected chi connectivity index (χ2v) is 7.53. The first-order valence-corrected chi connectivity index (χ1v) is 10.0. The first kappa shape index (κ1) is 24.3. The Morgan fingerprint density at radius 2 is 2.23 bits per heavy atom. The summed E-state index contributed by atoms with van der Waals surface area (Å²) in [5, 5.41) is 11.1. The van der Waals surface area contributed by atoms with Crippen LogP contribution in [0.3, 0.4) is 0 Å². The zero-order chi connectivity index (χ0) is 20.8. The highest BCUT2D eigenvalue weighted by Gasteiger charge is 2.26. The number of aromatic nitrogens is 3. The van der Waals surface area contributed by atoms with Crippen molar-refractivity contribution in [3.63, 3.8) is 0 Å². The topological polar surface area (TPSA) is 73.6 Å². The number of pyridine rings is 1. The molecule has 2 aromatic rings. The standard InChI is InChI=1S/C20H31FN8.HI/c1-5-22-20(24-12-18(27(2)3)15-11-25-28(4)13-15)26-16-8-10-29(14-16)19-17(21)7-6-9-23-19;/h6-7,9,11,13,16,18H,5,8,10,12,14H2,1-4H3,(H2,22,24,26);1H. The van der Waals surface area contributed by atoms with Gasteiger partial charge in [-0.3, -0.25) is 9.67 Å². The van der Waals surface area contributed by atoms with Gasteiger partial charge >= 0.3 is 0 Å². The number of aryl methyl sites for hydroxylation is 1. The van der Waals surface area contributed by atoms with Crippen LogP contribution in [0.5, 0.6) is 0 Å². The number of nitrogens with zero attached hydrogens (tertiary/aromatic N) is 6. The van der Waals surface area contributed by atoms with Crippen molar-refractivity contribution in [3.05, 3.63) is 42.1 Å². The molecule has 2 N–H and O–H groups in total. The predicted molar refractivity (Wildman–Crippen MR) is 129 cm³/mol. The lowest BCUT2D eigenvalue weighted by molar-refractivity contribution is 0.306. The third-order valence-corrected chi connectivity index (χ3v) is 5.07. The minimum atomic E-state index is -0.279. The molecule has 0 aromatic carbocycles. The monoisotopic (exact) mass is 530 g/mol. The van der Waals surface area contributed by atoms with Crippen molar-refractivity contribution < 1.29 is 4.39 Å². The van der Waals surface area contributed by atoms with Gasteiger partial charge in [-0.1, -0.05) is 0 Å². The number of guanidine groups is 1. The molecule has 2 aromatic heterocycles. The lowest BCUT2D eigenvalue weighted by Crippen LogP contribution is -2.45. The van der Waals surface area contributed by atoms with Gasteiger partial charge in [0.15, 0.2) is 17.6 Å². The number of nitrogens with one attached hydrogen (secondary N) is 2. The van der Waals surface area contributed by atoms with Gasteiger partial charge in [0.25, 0.3) is 0 Å². The van der Waals surface area contributed by atoms with Gasteiger partial charge in [-0.2, -0.15) is 5.10 Å². The summed E-state index contributed by atoms with van der Waals surface area (Å²) in [5.41, 5.74) is 1.13. The van der Waals surface area contributed by atoms with Gasteiger partial charge in [-0.25, -0.2) is 9.37 Å². The lowest BCUT2D eigenvalue weighted by atomic mass is 10.1. The fourth-order valence-corrected chi connectivity index (χ4v) is 3.55. The molecular formula is C20H32FIN8. The van der Waals surface area contributed by atoms with Gasteiger partial charge in [-0.05, 0) is 39.6 Å². The minimum Gasteiger partial charge on any atom is -0.357 e. The Bertz CT molecular complexity index is 825. The molecule has 3 rings (SSSR count). The normalized spacial score (nSPS) is 17.7. The Labute approximate surface area is 195 Å². The summed E-state index contributed by atoms with van der Waals surface area (Å²) in [4.78, 5) is 13.1. The molecule has 1 saturated heterocycles. The maximum absolute atomic E-state index is 14.0. The van der Waals surface area contributed by atoms with Crippen molar-refractivity contribution in [1.29, 1.82) is 0 Å². The Morgan fingerprint density at radius 1 is 1.43 bits per heavy atom. The highest BCUT2D eigenvalue weighted by Crippen LogP contribution is 2.21. The molecule has 30 heavy (non-hydrogen) atoms. The molecule has 0 amide bonds. The Kier molecular flexibility index (Phi) is 9.28. The van der Waals surface area contributed by atoms with Crippen molar-refractivity contribution in [2.24, 2.45) is 12.0 Å². The Morgan fingerprint density at radius 3 is 2.87 bits per heavy atom. The summed E-state index contributed by atoms with van der Waals surface area (Å²) in [6.07, 6.45) is 6.44. The second kappa shape index (κ2) is 11.4. The molecule has 0 radical (unpaired) electrons. The van der Waals surface area contributed by atoms with Gasteiger partial charge in [0.1, 0.15) is 0 Å². The number of anilines is 1. The first-order valence-electron chi connectivity index (χ1n) is 10.0. The van der Waals surface area contributed by atoms with Crippen LogP contribution in [0.15, 0.2) is 35.7 Å². The van der Waals surface area contributed by atoms with E-state index in [9.17, 15) is 4.39 Å². The van der Waals surface area contributed by atoms with Crippen molar-refractivity contribution in [1.82, 2.24) is 30.3 Å². The summed E-state index contributed by atoms with van der Waals surface area (Å²) < 4.78 is 15.8. The fourth-order valence-electron chi connectivity index (χ4n) is 3.55. The average molecular weight is 530 g/mol. The van der Waals surface area contributed by atoms with Crippen molar-refractivity contribution in [2.75, 3.05) is 45.2 Å². The van der Waals surface area contributed by atoms with Crippen LogP contribution in [0.2, 0.25) is 0 Å². The number of likely N-dealkylation sites (N-methyl/N-ethyl adjacent to an activating group) is 1. The summed E-state index contributed by atoms with van der Waals surface area (Å²) >= 11 is 0. The zero-order valence-electron chi connectivity index (χ0n) is 18.0. The van der Waals surface area contributed by atoms with Crippen LogP contribution in [0.1, 0.15) is 24.9 Å². The molecule has 0 bridgehead atoms. The molecule has 2 unspecified atom stereocenters. The van der Waals surface area contributed by atoms with Gasteiger partial charge in [0, 0.05) is 50.7 Å². The predicted octanol–water partition coefficient (Wildman–Crippen LogP) is 2.01.